The second-order valence-electron chi connectivity index (χ2n) is 5.37. The quantitative estimate of drug-likeness (QED) is 0.793. The molecular weight excluding hydrogens is 242 g/mol. The Bertz CT molecular complexity index is 513. The van der Waals surface area contributed by atoms with Crippen molar-refractivity contribution in [3.8, 4) is 6.07 Å². The van der Waals surface area contributed by atoms with Crippen LogP contribution in [0, 0.1) is 11.3 Å². The lowest BCUT2D eigenvalue weighted by Crippen LogP contribution is -2.49. The molecule has 1 aromatic rings. The number of rotatable bonds is 3. The van der Waals surface area contributed by atoms with E-state index in [9.17, 15) is 4.79 Å². The topological polar surface area (TPSA) is 65.2 Å². The molecule has 0 N–H and O–H groups in total. The summed E-state index contributed by atoms with van der Waals surface area (Å²) in [5.41, 5.74) is -0.772. The van der Waals surface area contributed by atoms with Gasteiger partial charge in [-0.05, 0) is 13.8 Å². The summed E-state index contributed by atoms with van der Waals surface area (Å²) < 4.78 is 2.10. The highest BCUT2D eigenvalue weighted by molar-refractivity contribution is 5.79. The van der Waals surface area contributed by atoms with Crippen molar-refractivity contribution in [2.45, 2.75) is 32.5 Å². The number of carbonyl (C=O) groups excluding carboxylic acids is 1. The molecule has 1 amide bonds. The molecule has 0 saturated carbocycles. The van der Waals surface area contributed by atoms with Crippen molar-refractivity contribution in [2.24, 2.45) is 0 Å². The summed E-state index contributed by atoms with van der Waals surface area (Å²) in [5, 5.41) is 9.05. The van der Waals surface area contributed by atoms with Gasteiger partial charge in [0, 0.05) is 32.5 Å². The van der Waals surface area contributed by atoms with Gasteiger partial charge in [0.1, 0.15) is 11.4 Å². The van der Waals surface area contributed by atoms with Crippen LogP contribution in [0.3, 0.4) is 0 Å². The van der Waals surface area contributed by atoms with Crippen LogP contribution in [0.1, 0.15) is 19.7 Å². The van der Waals surface area contributed by atoms with E-state index in [0.29, 0.717) is 13.1 Å². The van der Waals surface area contributed by atoms with Gasteiger partial charge in [0.2, 0.25) is 5.91 Å². The molecule has 1 aromatic heterocycles. The first-order valence-electron chi connectivity index (χ1n) is 6.34. The highest BCUT2D eigenvalue weighted by Crippen LogP contribution is 2.14. The standard InChI is InChI=1S/C13H19N5O/c1-13(2,10-14)16(3)12(19)9-17-6-7-18-5-4-15-11(18)8-17/h4-5H,6-9H2,1-3H3. The minimum atomic E-state index is -0.772. The Hall–Kier alpha value is -1.87. The number of carbonyl (C=O) groups is 1. The predicted molar refractivity (Wildman–Crippen MR) is 70.0 cm³/mol. The van der Waals surface area contributed by atoms with Crippen molar-refractivity contribution < 1.29 is 4.79 Å². The Labute approximate surface area is 113 Å². The Morgan fingerprint density at radius 1 is 1.58 bits per heavy atom. The molecule has 2 heterocycles. The molecule has 0 aliphatic carbocycles. The first-order chi connectivity index (χ1) is 8.94. The predicted octanol–water partition coefficient (Wildman–Crippen LogP) is 0.459. The fraction of sp³-hybridized carbons (Fsp3) is 0.615. The maximum atomic E-state index is 12.2. The Morgan fingerprint density at radius 2 is 2.32 bits per heavy atom. The highest BCUT2D eigenvalue weighted by atomic mass is 16.2. The molecule has 0 saturated heterocycles. The third-order valence-corrected chi connectivity index (χ3v) is 3.67. The van der Waals surface area contributed by atoms with E-state index >= 15 is 0 Å². The molecule has 0 bridgehead atoms. The Kier molecular flexibility index (Phi) is 3.58. The van der Waals surface area contributed by atoms with Gasteiger partial charge in [0.15, 0.2) is 0 Å². The average Bonchev–Trinajstić information content (AvgIpc) is 2.85. The molecule has 1 aliphatic rings. The van der Waals surface area contributed by atoms with E-state index in [1.165, 1.54) is 4.90 Å². The van der Waals surface area contributed by atoms with Gasteiger partial charge < -0.3 is 9.47 Å². The summed E-state index contributed by atoms with van der Waals surface area (Å²) in [4.78, 5) is 20.0. The smallest absolute Gasteiger partial charge is 0.237 e. The largest absolute Gasteiger partial charge is 0.333 e. The maximum absolute atomic E-state index is 12.2. The summed E-state index contributed by atoms with van der Waals surface area (Å²) in [6.45, 7) is 6.18. The first-order valence-corrected chi connectivity index (χ1v) is 6.34. The van der Waals surface area contributed by atoms with Gasteiger partial charge in [-0.1, -0.05) is 0 Å². The molecule has 6 nitrogen and oxygen atoms in total. The zero-order valence-electron chi connectivity index (χ0n) is 11.6. The molecule has 0 atom stereocenters. The van der Waals surface area contributed by atoms with Crippen LogP contribution in [0.2, 0.25) is 0 Å². The minimum absolute atomic E-state index is 0.0356. The van der Waals surface area contributed by atoms with Crippen LogP contribution in [0.15, 0.2) is 12.4 Å². The third kappa shape index (κ3) is 2.76. The third-order valence-electron chi connectivity index (χ3n) is 3.67. The summed E-state index contributed by atoms with van der Waals surface area (Å²) in [6.07, 6.45) is 3.74. The summed E-state index contributed by atoms with van der Waals surface area (Å²) in [7, 11) is 1.68. The molecule has 0 radical (unpaired) electrons. The van der Waals surface area contributed by atoms with Crippen molar-refractivity contribution in [3.63, 3.8) is 0 Å². The number of fused-ring (bicyclic) bond motifs is 1. The second-order valence-corrected chi connectivity index (χ2v) is 5.37. The Morgan fingerprint density at radius 3 is 3.00 bits per heavy atom. The van der Waals surface area contributed by atoms with Crippen molar-refractivity contribution in [3.05, 3.63) is 18.2 Å². The van der Waals surface area contributed by atoms with Crippen LogP contribution < -0.4 is 0 Å². The van der Waals surface area contributed by atoms with Gasteiger partial charge >= 0.3 is 0 Å². The summed E-state index contributed by atoms with van der Waals surface area (Å²) in [5.74, 6) is 0.952. The van der Waals surface area contributed by atoms with Crippen LogP contribution in [0.25, 0.3) is 0 Å². The Balaban J connectivity index is 1.96. The monoisotopic (exact) mass is 261 g/mol. The molecule has 6 heteroatoms. The van der Waals surface area contributed by atoms with Crippen LogP contribution in [-0.4, -0.2) is 50.9 Å². The van der Waals surface area contributed by atoms with Gasteiger partial charge in [0.05, 0.1) is 19.2 Å². The summed E-state index contributed by atoms with van der Waals surface area (Å²) in [6, 6.07) is 2.14. The van der Waals surface area contributed by atoms with Gasteiger partial charge in [-0.15, -0.1) is 0 Å². The molecule has 1 aliphatic heterocycles. The van der Waals surface area contributed by atoms with E-state index in [1.54, 1.807) is 27.1 Å². The van der Waals surface area contributed by atoms with E-state index in [-0.39, 0.29) is 5.91 Å². The molecule has 0 fully saturated rings. The number of hydrogen-bond acceptors (Lipinski definition) is 4. The minimum Gasteiger partial charge on any atom is -0.333 e. The number of hydrogen-bond donors (Lipinski definition) is 0. The van der Waals surface area contributed by atoms with E-state index in [2.05, 4.69) is 20.5 Å². The van der Waals surface area contributed by atoms with Crippen LogP contribution >= 0.6 is 0 Å². The summed E-state index contributed by atoms with van der Waals surface area (Å²) >= 11 is 0. The molecule has 2 rings (SSSR count). The number of aromatic nitrogens is 2. The molecule has 102 valence electrons. The van der Waals surface area contributed by atoms with Gasteiger partial charge in [-0.2, -0.15) is 5.26 Å². The van der Waals surface area contributed by atoms with Crippen molar-refractivity contribution in [1.29, 1.82) is 5.26 Å². The first kappa shape index (κ1) is 13.6. The van der Waals surface area contributed by atoms with E-state index in [4.69, 9.17) is 5.26 Å². The SMILES string of the molecule is CN(C(=O)CN1CCn2ccnc2C1)C(C)(C)C#N. The van der Waals surface area contributed by atoms with Gasteiger partial charge in [-0.3, -0.25) is 9.69 Å². The molecule has 0 unspecified atom stereocenters. The zero-order valence-corrected chi connectivity index (χ0v) is 11.6. The van der Waals surface area contributed by atoms with Crippen LogP contribution in [0.4, 0.5) is 0 Å². The van der Waals surface area contributed by atoms with Crippen LogP contribution in [0.5, 0.6) is 0 Å². The van der Waals surface area contributed by atoms with E-state index in [0.717, 1.165) is 18.9 Å². The van der Waals surface area contributed by atoms with Crippen molar-refractivity contribution >= 4 is 5.91 Å². The number of nitriles is 1. The van der Waals surface area contributed by atoms with E-state index in [1.807, 2.05) is 6.20 Å². The normalized spacial score (nSPS) is 15.7. The van der Waals surface area contributed by atoms with Crippen molar-refractivity contribution in [2.75, 3.05) is 20.1 Å². The fourth-order valence-electron chi connectivity index (χ4n) is 2.04. The van der Waals surface area contributed by atoms with Gasteiger partial charge in [-0.25, -0.2) is 4.98 Å². The number of imidazole rings is 1. The average molecular weight is 261 g/mol. The van der Waals surface area contributed by atoms with Gasteiger partial charge in [0.25, 0.3) is 0 Å². The molecular formula is C13H19N5O. The second kappa shape index (κ2) is 5.02. The molecule has 0 aromatic carbocycles. The molecule has 19 heavy (non-hydrogen) atoms. The maximum Gasteiger partial charge on any atom is 0.237 e. The lowest BCUT2D eigenvalue weighted by atomic mass is 10.1. The van der Waals surface area contributed by atoms with Crippen molar-refractivity contribution in [1.82, 2.24) is 19.4 Å². The fourth-order valence-corrected chi connectivity index (χ4v) is 2.04. The highest BCUT2D eigenvalue weighted by Gasteiger charge is 2.29. The number of nitrogens with zero attached hydrogens (tertiary/aromatic N) is 5. The lowest BCUT2D eigenvalue weighted by molar-refractivity contribution is -0.134. The van der Waals surface area contributed by atoms with Crippen LogP contribution in [-0.2, 0) is 17.9 Å². The number of likely N-dealkylation sites (N-methyl/N-ethyl adjacent to an activating group) is 1. The number of amides is 1. The lowest BCUT2D eigenvalue weighted by Gasteiger charge is -2.33. The molecule has 0 spiro atoms. The zero-order chi connectivity index (χ0) is 14.0. The van der Waals surface area contributed by atoms with E-state index < -0.39 is 5.54 Å².